The molecule has 0 atom stereocenters. The van der Waals surface area contributed by atoms with Crippen LogP contribution in [0.4, 0.5) is 0 Å². The van der Waals surface area contributed by atoms with Crippen LogP contribution in [0.5, 0.6) is 0 Å². The molecule has 0 heterocycles. The molecule has 0 aliphatic rings. The van der Waals surface area contributed by atoms with E-state index >= 15 is 0 Å². The smallest absolute Gasteiger partial charge is 0.0874 e. The quantitative estimate of drug-likeness (QED) is 0.503. The Hall–Kier alpha value is -1.24. The zero-order valence-electron chi connectivity index (χ0n) is 9.74. The van der Waals surface area contributed by atoms with E-state index in [-0.39, 0.29) is 0 Å². The largest absolute Gasteiger partial charge is 0.158 e. The lowest BCUT2D eigenvalue weighted by molar-refractivity contribution is 1.13. The molecule has 0 N–H and O–H groups in total. The maximum Gasteiger partial charge on any atom is 0.158 e. The van der Waals surface area contributed by atoms with E-state index in [9.17, 15) is 0 Å². The van der Waals surface area contributed by atoms with Gasteiger partial charge in [0.05, 0.1) is 0 Å². The summed E-state index contributed by atoms with van der Waals surface area (Å²) in [6.45, 7) is 4.18. The molecule has 0 amide bonds. The van der Waals surface area contributed by atoms with Crippen LogP contribution in [0, 0.1) is 0 Å². The highest BCUT2D eigenvalue weighted by atomic mass is 13.9. The average molecular weight is 198 g/mol. The van der Waals surface area contributed by atoms with Crippen molar-refractivity contribution in [2.24, 2.45) is 0 Å². The second kappa shape index (κ2) is 7.11. The van der Waals surface area contributed by atoms with E-state index in [1.165, 1.54) is 31.1 Å². The van der Waals surface area contributed by atoms with Gasteiger partial charge in [-0.05, 0) is 20.3 Å². The molecule has 0 aliphatic carbocycles. The lowest BCUT2D eigenvalue weighted by Gasteiger charge is -2.01. The molecule has 0 unspecified atom stereocenters. The second-order valence-electron chi connectivity index (χ2n) is 3.70. The van der Waals surface area contributed by atoms with Gasteiger partial charge in [0.15, 0.2) is 7.28 Å². The van der Waals surface area contributed by atoms with E-state index in [0.29, 0.717) is 0 Å². The highest BCUT2D eigenvalue weighted by Gasteiger charge is 1.96. The first kappa shape index (κ1) is 11.8. The predicted octanol–water partition coefficient (Wildman–Crippen LogP) is 3.08. The van der Waals surface area contributed by atoms with Crippen molar-refractivity contribution in [3.63, 3.8) is 0 Å². The molecule has 15 heavy (non-hydrogen) atoms. The minimum atomic E-state index is 1.18. The first-order valence-corrected chi connectivity index (χ1v) is 5.68. The Balaban J connectivity index is 2.33. The molecule has 0 bridgehead atoms. The van der Waals surface area contributed by atoms with Crippen LogP contribution in [0.15, 0.2) is 54.1 Å². The Morgan fingerprint density at radius 1 is 1.20 bits per heavy atom. The third kappa shape index (κ3) is 4.69. The van der Waals surface area contributed by atoms with E-state index < -0.39 is 0 Å². The summed E-state index contributed by atoms with van der Waals surface area (Å²) < 4.78 is 0. The van der Waals surface area contributed by atoms with Gasteiger partial charge in [-0.25, -0.2) is 0 Å². The third-order valence-electron chi connectivity index (χ3n) is 2.53. The molecule has 0 aromatic heterocycles. The zero-order valence-corrected chi connectivity index (χ0v) is 9.74. The van der Waals surface area contributed by atoms with Crippen molar-refractivity contribution in [2.75, 3.05) is 0 Å². The van der Waals surface area contributed by atoms with Gasteiger partial charge < -0.3 is 0 Å². The van der Waals surface area contributed by atoms with Crippen molar-refractivity contribution < 1.29 is 0 Å². The molecule has 0 aliphatic heterocycles. The first-order chi connectivity index (χ1) is 7.36. The summed E-state index contributed by atoms with van der Waals surface area (Å²) in [6.07, 6.45) is 8.91. The van der Waals surface area contributed by atoms with Gasteiger partial charge in [-0.2, -0.15) is 0 Å². The van der Waals surface area contributed by atoms with Crippen molar-refractivity contribution in [1.82, 2.24) is 0 Å². The molecule has 0 nitrogen and oxygen atoms in total. The van der Waals surface area contributed by atoms with Crippen molar-refractivity contribution in [3.05, 3.63) is 54.1 Å². The van der Waals surface area contributed by atoms with Crippen LogP contribution >= 0.6 is 0 Å². The maximum absolute atomic E-state index is 2.20. The van der Waals surface area contributed by atoms with Crippen LogP contribution in [-0.4, -0.2) is 7.28 Å². The molecule has 0 radical (unpaired) electrons. The molecule has 0 saturated heterocycles. The third-order valence-corrected chi connectivity index (χ3v) is 2.53. The van der Waals surface area contributed by atoms with Gasteiger partial charge >= 0.3 is 0 Å². The lowest BCUT2D eigenvalue weighted by atomic mass is 9.66. The van der Waals surface area contributed by atoms with Crippen LogP contribution in [0.2, 0.25) is 6.32 Å². The minimum Gasteiger partial charge on any atom is -0.0874 e. The molecule has 0 fully saturated rings. The molecule has 1 heteroatoms. The van der Waals surface area contributed by atoms with Gasteiger partial charge in [0.2, 0.25) is 0 Å². The normalized spacial score (nSPS) is 12.0. The summed E-state index contributed by atoms with van der Waals surface area (Å²) in [5.41, 5.74) is 2.88. The van der Waals surface area contributed by atoms with Crippen LogP contribution < -0.4 is 5.46 Å². The Morgan fingerprint density at radius 2 is 1.93 bits per heavy atom. The van der Waals surface area contributed by atoms with Gasteiger partial charge in [-0.3, -0.25) is 0 Å². The summed E-state index contributed by atoms with van der Waals surface area (Å²) in [5.74, 6) is 0. The van der Waals surface area contributed by atoms with Gasteiger partial charge in [0.1, 0.15) is 0 Å². The SMILES string of the molecule is C/C=C\C(=C/C)CCBc1ccccc1. The van der Waals surface area contributed by atoms with Crippen molar-refractivity contribution in [3.8, 4) is 0 Å². The Morgan fingerprint density at radius 3 is 2.53 bits per heavy atom. The monoisotopic (exact) mass is 198 g/mol. The number of hydrogen-bond donors (Lipinski definition) is 0. The van der Waals surface area contributed by atoms with Gasteiger partial charge in [0, 0.05) is 0 Å². The van der Waals surface area contributed by atoms with Crippen molar-refractivity contribution in [1.29, 1.82) is 0 Å². The lowest BCUT2D eigenvalue weighted by Crippen LogP contribution is -2.12. The van der Waals surface area contributed by atoms with E-state index in [4.69, 9.17) is 0 Å². The Labute approximate surface area is 94.0 Å². The average Bonchev–Trinajstić information content (AvgIpc) is 2.29. The van der Waals surface area contributed by atoms with Gasteiger partial charge in [-0.1, -0.05) is 65.9 Å². The molecule has 1 rings (SSSR count). The van der Waals surface area contributed by atoms with E-state index in [2.05, 4.69) is 62.4 Å². The number of benzene rings is 1. The highest BCUT2D eigenvalue weighted by molar-refractivity contribution is 6.53. The molecular weight excluding hydrogens is 179 g/mol. The zero-order chi connectivity index (χ0) is 10.9. The molecule has 1 aromatic rings. The van der Waals surface area contributed by atoms with E-state index in [1.54, 1.807) is 0 Å². The summed E-state index contributed by atoms with van der Waals surface area (Å²) >= 11 is 0. The van der Waals surface area contributed by atoms with Gasteiger partial charge in [0.25, 0.3) is 0 Å². The molecule has 1 aromatic carbocycles. The second-order valence-corrected chi connectivity index (χ2v) is 3.70. The number of hydrogen-bond acceptors (Lipinski definition) is 0. The fourth-order valence-electron chi connectivity index (χ4n) is 1.68. The van der Waals surface area contributed by atoms with E-state index in [0.717, 1.165) is 0 Å². The van der Waals surface area contributed by atoms with Crippen LogP contribution in [0.1, 0.15) is 20.3 Å². The van der Waals surface area contributed by atoms with Gasteiger partial charge in [-0.15, -0.1) is 0 Å². The summed E-state index contributed by atoms with van der Waals surface area (Å²) in [4.78, 5) is 0. The maximum atomic E-state index is 2.20. The Bertz CT molecular complexity index is 322. The summed E-state index contributed by atoms with van der Waals surface area (Å²) in [6, 6.07) is 10.7. The number of rotatable bonds is 5. The Kier molecular flexibility index (Phi) is 5.61. The molecule has 78 valence electrons. The van der Waals surface area contributed by atoms with E-state index in [1.807, 2.05) is 0 Å². The standard InChI is InChI=1S/C14H19B/c1-3-8-13(4-2)11-12-15-14-9-6-5-7-10-14/h3-10,15H,11-12H2,1-2H3/b8-3-,13-4+. The number of allylic oxidation sites excluding steroid dienone is 4. The summed E-state index contributed by atoms with van der Waals surface area (Å²) in [5, 5.41) is 0. The predicted molar refractivity (Wildman–Crippen MR) is 71.2 cm³/mol. The van der Waals surface area contributed by atoms with Crippen molar-refractivity contribution in [2.45, 2.75) is 26.6 Å². The van der Waals surface area contributed by atoms with Crippen LogP contribution in [-0.2, 0) is 0 Å². The van der Waals surface area contributed by atoms with Crippen LogP contribution in [0.25, 0.3) is 0 Å². The minimum absolute atomic E-state index is 1.18. The molecule has 0 saturated carbocycles. The summed E-state index contributed by atoms with van der Waals surface area (Å²) in [7, 11) is 1.18. The first-order valence-electron chi connectivity index (χ1n) is 5.68. The molecular formula is C14H19B. The topological polar surface area (TPSA) is 0 Å². The fraction of sp³-hybridized carbons (Fsp3) is 0.286. The molecule has 0 spiro atoms. The van der Waals surface area contributed by atoms with Crippen molar-refractivity contribution >= 4 is 12.7 Å². The highest BCUT2D eigenvalue weighted by Crippen LogP contribution is 2.06. The van der Waals surface area contributed by atoms with Crippen LogP contribution in [0.3, 0.4) is 0 Å². The fourth-order valence-corrected chi connectivity index (χ4v) is 1.68.